The molecule has 1 unspecified atom stereocenters. The number of para-hydroxylation sites is 1. The quantitative estimate of drug-likeness (QED) is 0.155. The molecule has 11 heteroatoms. The predicted molar refractivity (Wildman–Crippen MR) is 188 cm³/mol. The lowest BCUT2D eigenvalue weighted by molar-refractivity contribution is -0.146. The lowest BCUT2D eigenvalue weighted by atomic mass is 9.82. The Labute approximate surface area is 287 Å². The number of amides is 2. The smallest absolute Gasteiger partial charge is 0.264 e. The van der Waals surface area contributed by atoms with Crippen LogP contribution in [0.1, 0.15) is 60.9 Å². The van der Waals surface area contributed by atoms with Gasteiger partial charge >= 0.3 is 0 Å². The first kappa shape index (κ1) is 33.3. The third kappa shape index (κ3) is 6.02. The van der Waals surface area contributed by atoms with E-state index in [0.717, 1.165) is 47.5 Å². The van der Waals surface area contributed by atoms with Crippen LogP contribution in [0, 0.1) is 5.92 Å². The third-order valence-corrected chi connectivity index (χ3v) is 13.2. The molecule has 1 aromatic heterocycles. The average molecular weight is 682 g/mol. The van der Waals surface area contributed by atoms with Crippen molar-refractivity contribution in [2.75, 3.05) is 23.0 Å². The van der Waals surface area contributed by atoms with E-state index in [1.807, 2.05) is 96.9 Å². The van der Waals surface area contributed by atoms with E-state index >= 15 is 4.11 Å². The molecule has 3 aliphatic heterocycles. The van der Waals surface area contributed by atoms with Crippen LogP contribution in [0.5, 0.6) is 0 Å². The molecule has 1 spiro atoms. The summed E-state index contributed by atoms with van der Waals surface area (Å²) >= 11 is 0. The van der Waals surface area contributed by atoms with Gasteiger partial charge in [-0.1, -0.05) is 72.8 Å². The molecule has 256 valence electrons. The molecule has 4 aromatic rings. The SMILES string of the molecule is C[C@H]1[C@H]([Si](C)(C)F)[C@@H](CCn2cc(C(CO)c3ccccc3)nn2)O[C@]12C(=O)N(Cc1ccc(N3CCCCC3=O)cc1)c1ccccc12. The number of hydrogen-bond acceptors (Lipinski definition) is 6. The molecule has 2 saturated heterocycles. The van der Waals surface area contributed by atoms with Gasteiger partial charge in [-0.05, 0) is 61.7 Å². The Kier molecular flexibility index (Phi) is 9.01. The van der Waals surface area contributed by atoms with E-state index in [1.54, 1.807) is 22.7 Å². The molecule has 5 atom stereocenters. The maximum absolute atomic E-state index is 16.3. The van der Waals surface area contributed by atoms with Gasteiger partial charge in [-0.15, -0.1) is 5.10 Å². The molecule has 0 aliphatic carbocycles. The number of aromatic nitrogens is 3. The highest BCUT2D eigenvalue weighted by atomic mass is 28.4. The van der Waals surface area contributed by atoms with E-state index < -0.39 is 31.6 Å². The minimum atomic E-state index is -3.33. The number of halogens is 1. The van der Waals surface area contributed by atoms with Crippen molar-refractivity contribution >= 4 is 31.6 Å². The highest BCUT2D eigenvalue weighted by Crippen LogP contribution is 2.60. The summed E-state index contributed by atoms with van der Waals surface area (Å²) in [5, 5.41) is 18.8. The fourth-order valence-corrected chi connectivity index (χ4v) is 10.9. The summed E-state index contributed by atoms with van der Waals surface area (Å²) in [4.78, 5) is 30.8. The molecular weight excluding hydrogens is 638 g/mol. The molecule has 3 aromatic carbocycles. The summed E-state index contributed by atoms with van der Waals surface area (Å²) in [5.41, 5.74) is 3.26. The first-order valence-corrected chi connectivity index (χ1v) is 20.3. The zero-order valence-electron chi connectivity index (χ0n) is 28.3. The maximum atomic E-state index is 16.3. The molecule has 2 amide bonds. The fourth-order valence-electron chi connectivity index (χ4n) is 8.37. The Morgan fingerprint density at radius 2 is 1.76 bits per heavy atom. The van der Waals surface area contributed by atoms with Crippen molar-refractivity contribution in [2.45, 2.75) is 82.0 Å². The molecule has 4 heterocycles. The number of ether oxygens (including phenoxy) is 1. The second-order valence-electron chi connectivity index (χ2n) is 14.2. The normalized spacial score (nSPS) is 24.6. The van der Waals surface area contributed by atoms with Crippen molar-refractivity contribution in [1.29, 1.82) is 0 Å². The minimum Gasteiger partial charge on any atom is -0.395 e. The van der Waals surface area contributed by atoms with Crippen LogP contribution < -0.4 is 9.80 Å². The van der Waals surface area contributed by atoms with Crippen molar-refractivity contribution in [1.82, 2.24) is 15.0 Å². The number of hydrogen-bond donors (Lipinski definition) is 1. The molecule has 0 bridgehead atoms. The number of anilines is 2. The van der Waals surface area contributed by atoms with Crippen molar-refractivity contribution in [3.63, 3.8) is 0 Å². The molecule has 9 nitrogen and oxygen atoms in total. The number of nitrogens with zero attached hydrogens (tertiary/aromatic N) is 5. The van der Waals surface area contributed by atoms with Gasteiger partial charge in [0.05, 0.1) is 36.6 Å². The summed E-state index contributed by atoms with van der Waals surface area (Å²) in [6.07, 6.45) is 4.28. The minimum absolute atomic E-state index is 0.0987. The van der Waals surface area contributed by atoms with Gasteiger partial charge in [0.2, 0.25) is 14.3 Å². The number of fused-ring (bicyclic) bond motifs is 2. The lowest BCUT2D eigenvalue weighted by Gasteiger charge is -2.31. The zero-order valence-corrected chi connectivity index (χ0v) is 29.3. The molecule has 1 N–H and O–H groups in total. The first-order valence-electron chi connectivity index (χ1n) is 17.3. The summed E-state index contributed by atoms with van der Waals surface area (Å²) in [5.74, 6) is -0.712. The number of aliphatic hydroxyl groups is 1. The Hall–Kier alpha value is -4.19. The van der Waals surface area contributed by atoms with Crippen molar-refractivity contribution in [3.8, 4) is 0 Å². The topological polar surface area (TPSA) is 101 Å². The number of carbonyl (C=O) groups excluding carboxylic acids is 2. The van der Waals surface area contributed by atoms with E-state index in [1.165, 1.54) is 0 Å². The summed E-state index contributed by atoms with van der Waals surface area (Å²) < 4.78 is 24.9. The molecule has 0 saturated carbocycles. The fraction of sp³-hybridized carbons (Fsp3) is 0.421. The highest BCUT2D eigenvalue weighted by molar-refractivity contribution is 6.72. The standard InChI is InChI=1S/C38H44FN5O4Si/c1-26-36(49(2,3)39)34(20-22-42-24-32(40-41-42)30(25-45)28-11-5-4-6-12-28)48-38(26)31-13-7-8-14-33(31)44(37(38)47)23-27-16-18-29(19-17-27)43-21-10-9-15-35(43)46/h4-8,11-14,16-19,24,26,30,34,36,45H,9-10,15,20-23,25H2,1-3H3/t26-,30?,34+,36-,38+/m0/s1. The van der Waals surface area contributed by atoms with Gasteiger partial charge in [0, 0.05) is 48.4 Å². The first-order chi connectivity index (χ1) is 23.6. The second-order valence-corrected chi connectivity index (χ2v) is 18.0. The average Bonchev–Trinajstić information content (AvgIpc) is 3.76. The molecular formula is C38H44FN5O4Si. The van der Waals surface area contributed by atoms with Crippen LogP contribution in [0.3, 0.4) is 0 Å². The summed E-state index contributed by atoms with van der Waals surface area (Å²) in [6.45, 7) is 6.78. The number of benzene rings is 3. The Morgan fingerprint density at radius 1 is 1.02 bits per heavy atom. The van der Waals surface area contributed by atoms with Crippen LogP contribution in [-0.2, 0) is 33.0 Å². The maximum Gasteiger partial charge on any atom is 0.264 e. The third-order valence-electron chi connectivity index (χ3n) is 10.7. The van der Waals surface area contributed by atoms with E-state index in [0.29, 0.717) is 31.6 Å². The number of aliphatic hydroxyl groups excluding tert-OH is 1. The predicted octanol–water partition coefficient (Wildman–Crippen LogP) is 6.33. The molecule has 49 heavy (non-hydrogen) atoms. The van der Waals surface area contributed by atoms with Crippen LogP contribution in [0.4, 0.5) is 15.5 Å². The van der Waals surface area contributed by atoms with Gasteiger partial charge in [0.15, 0.2) is 5.60 Å². The van der Waals surface area contributed by atoms with E-state index in [2.05, 4.69) is 10.3 Å². The van der Waals surface area contributed by atoms with Crippen LogP contribution >= 0.6 is 0 Å². The van der Waals surface area contributed by atoms with Gasteiger partial charge in [-0.2, -0.15) is 0 Å². The molecule has 7 rings (SSSR count). The van der Waals surface area contributed by atoms with Crippen molar-refractivity contribution in [2.24, 2.45) is 5.92 Å². The number of carbonyl (C=O) groups is 2. The number of rotatable bonds is 10. The molecule has 0 radical (unpaired) electrons. The zero-order chi connectivity index (χ0) is 34.3. The van der Waals surface area contributed by atoms with Crippen LogP contribution in [0.15, 0.2) is 85.1 Å². The van der Waals surface area contributed by atoms with Crippen molar-refractivity contribution < 1.29 is 23.5 Å². The van der Waals surface area contributed by atoms with Gasteiger partial charge in [0.1, 0.15) is 0 Å². The number of piperidine rings is 1. The molecule has 2 fully saturated rings. The van der Waals surface area contributed by atoms with Crippen LogP contribution in [0.25, 0.3) is 0 Å². The second kappa shape index (κ2) is 13.3. The summed E-state index contributed by atoms with van der Waals surface area (Å²) in [7, 11) is -3.33. The van der Waals surface area contributed by atoms with Crippen molar-refractivity contribution in [3.05, 3.63) is 107 Å². The van der Waals surface area contributed by atoms with Crippen LogP contribution in [-0.4, -0.2) is 59.6 Å². The monoisotopic (exact) mass is 681 g/mol. The highest BCUT2D eigenvalue weighted by Gasteiger charge is 2.66. The Balaban J connectivity index is 1.13. The Morgan fingerprint density at radius 3 is 2.47 bits per heavy atom. The van der Waals surface area contributed by atoms with Gasteiger partial charge in [0.25, 0.3) is 5.91 Å². The molecule has 3 aliphatic rings. The van der Waals surface area contributed by atoms with E-state index in [-0.39, 0.29) is 24.3 Å². The van der Waals surface area contributed by atoms with Gasteiger partial charge in [-0.3, -0.25) is 14.3 Å². The van der Waals surface area contributed by atoms with Gasteiger partial charge < -0.3 is 23.8 Å². The lowest BCUT2D eigenvalue weighted by Crippen LogP contribution is -2.45. The largest absolute Gasteiger partial charge is 0.395 e. The van der Waals surface area contributed by atoms with Crippen LogP contribution in [0.2, 0.25) is 18.6 Å². The van der Waals surface area contributed by atoms with E-state index in [4.69, 9.17) is 4.74 Å². The summed E-state index contributed by atoms with van der Waals surface area (Å²) in [6, 6.07) is 25.3. The van der Waals surface area contributed by atoms with E-state index in [9.17, 15) is 14.7 Å². The number of aryl methyl sites for hydroxylation is 1. The van der Waals surface area contributed by atoms with Gasteiger partial charge in [-0.25, -0.2) is 0 Å². The Bertz CT molecular complexity index is 1810.